The second-order valence-corrected chi connectivity index (χ2v) is 4.69. The lowest BCUT2D eigenvalue weighted by atomic mass is 9.92. The van der Waals surface area contributed by atoms with Gasteiger partial charge in [-0.15, -0.1) is 0 Å². The Morgan fingerprint density at radius 1 is 0.824 bits per heavy atom. The van der Waals surface area contributed by atoms with E-state index in [9.17, 15) is 0 Å². The van der Waals surface area contributed by atoms with E-state index in [0.29, 0.717) is 0 Å². The van der Waals surface area contributed by atoms with Crippen molar-refractivity contribution in [2.24, 2.45) is 5.73 Å². The van der Waals surface area contributed by atoms with Crippen LogP contribution in [-0.2, 0) is 0 Å². The van der Waals surface area contributed by atoms with Crippen LogP contribution in [0.3, 0.4) is 0 Å². The van der Waals surface area contributed by atoms with Gasteiger partial charge in [-0.25, -0.2) is 0 Å². The Bertz CT molecular complexity index is 491. The van der Waals surface area contributed by atoms with Gasteiger partial charge in [0.15, 0.2) is 0 Å². The van der Waals surface area contributed by atoms with Gasteiger partial charge in [-0.05, 0) is 43.0 Å². The molecule has 0 bridgehead atoms. The molecule has 0 aliphatic heterocycles. The summed E-state index contributed by atoms with van der Waals surface area (Å²) in [5.41, 5.74) is 12.6. The van der Waals surface area contributed by atoms with Gasteiger partial charge in [0.25, 0.3) is 0 Å². The molecule has 2 aromatic carbocycles. The molecule has 1 atom stereocenters. The Balaban J connectivity index is 2.43. The van der Waals surface area contributed by atoms with Crippen molar-refractivity contribution in [2.45, 2.75) is 26.8 Å². The average molecular weight is 225 g/mol. The van der Waals surface area contributed by atoms with Gasteiger partial charge in [-0.3, -0.25) is 0 Å². The van der Waals surface area contributed by atoms with Crippen LogP contribution < -0.4 is 5.73 Å². The van der Waals surface area contributed by atoms with Crippen LogP contribution in [0.2, 0.25) is 0 Å². The van der Waals surface area contributed by atoms with Crippen LogP contribution in [0, 0.1) is 20.8 Å². The Kier molecular flexibility index (Phi) is 3.30. The number of benzene rings is 2. The van der Waals surface area contributed by atoms with E-state index in [1.807, 2.05) is 0 Å². The van der Waals surface area contributed by atoms with Crippen LogP contribution in [0.5, 0.6) is 0 Å². The molecular formula is C16H19N. The number of hydrogen-bond acceptors (Lipinski definition) is 1. The van der Waals surface area contributed by atoms with Crippen molar-refractivity contribution in [3.63, 3.8) is 0 Å². The molecule has 0 heterocycles. The van der Waals surface area contributed by atoms with Crippen molar-refractivity contribution >= 4 is 0 Å². The lowest BCUT2D eigenvalue weighted by Gasteiger charge is -2.18. The van der Waals surface area contributed by atoms with Crippen molar-refractivity contribution < 1.29 is 0 Å². The standard InChI is InChI=1S/C16H19N/c1-11-7-9-14(10-8-11)16(17)15-12(2)5-4-6-13(15)3/h4-10,16H,17H2,1-3H3. The van der Waals surface area contributed by atoms with E-state index < -0.39 is 0 Å². The van der Waals surface area contributed by atoms with Crippen molar-refractivity contribution in [3.8, 4) is 0 Å². The van der Waals surface area contributed by atoms with Gasteiger partial charge < -0.3 is 5.73 Å². The third-order valence-corrected chi connectivity index (χ3v) is 3.29. The summed E-state index contributed by atoms with van der Waals surface area (Å²) in [5, 5.41) is 0. The largest absolute Gasteiger partial charge is 0.320 e. The van der Waals surface area contributed by atoms with E-state index in [-0.39, 0.29) is 6.04 Å². The summed E-state index contributed by atoms with van der Waals surface area (Å²) < 4.78 is 0. The number of nitrogens with two attached hydrogens (primary N) is 1. The summed E-state index contributed by atoms with van der Waals surface area (Å²) in [6.45, 7) is 6.33. The van der Waals surface area contributed by atoms with E-state index in [0.717, 1.165) is 0 Å². The summed E-state index contributed by atoms with van der Waals surface area (Å²) in [5.74, 6) is 0. The lowest BCUT2D eigenvalue weighted by Crippen LogP contribution is -2.14. The highest BCUT2D eigenvalue weighted by Crippen LogP contribution is 2.25. The van der Waals surface area contributed by atoms with Gasteiger partial charge in [-0.1, -0.05) is 48.0 Å². The molecule has 0 saturated heterocycles. The third-order valence-electron chi connectivity index (χ3n) is 3.29. The second-order valence-electron chi connectivity index (χ2n) is 4.69. The van der Waals surface area contributed by atoms with Crippen LogP contribution >= 0.6 is 0 Å². The van der Waals surface area contributed by atoms with Crippen LogP contribution in [0.25, 0.3) is 0 Å². The second kappa shape index (κ2) is 4.72. The molecule has 2 rings (SSSR count). The predicted molar refractivity (Wildman–Crippen MR) is 73.1 cm³/mol. The van der Waals surface area contributed by atoms with E-state index in [2.05, 4.69) is 63.2 Å². The maximum Gasteiger partial charge on any atom is 0.0556 e. The van der Waals surface area contributed by atoms with Crippen molar-refractivity contribution in [3.05, 3.63) is 70.3 Å². The Morgan fingerprint density at radius 3 is 1.88 bits per heavy atom. The summed E-state index contributed by atoms with van der Waals surface area (Å²) in [6.07, 6.45) is 0. The summed E-state index contributed by atoms with van der Waals surface area (Å²) in [6, 6.07) is 14.8. The molecule has 0 amide bonds. The molecule has 1 unspecified atom stereocenters. The smallest absolute Gasteiger partial charge is 0.0556 e. The van der Waals surface area contributed by atoms with E-state index >= 15 is 0 Å². The molecule has 0 fully saturated rings. The van der Waals surface area contributed by atoms with Gasteiger partial charge in [0.1, 0.15) is 0 Å². The summed E-state index contributed by atoms with van der Waals surface area (Å²) >= 11 is 0. The quantitative estimate of drug-likeness (QED) is 0.829. The maximum atomic E-state index is 6.37. The first-order valence-electron chi connectivity index (χ1n) is 5.98. The Hall–Kier alpha value is -1.60. The molecule has 17 heavy (non-hydrogen) atoms. The predicted octanol–water partition coefficient (Wildman–Crippen LogP) is 3.66. The number of hydrogen-bond donors (Lipinski definition) is 1. The highest BCUT2D eigenvalue weighted by molar-refractivity contribution is 5.41. The fourth-order valence-electron chi connectivity index (χ4n) is 2.26. The van der Waals surface area contributed by atoms with Crippen LogP contribution in [0.1, 0.15) is 33.9 Å². The van der Waals surface area contributed by atoms with Crippen LogP contribution in [-0.4, -0.2) is 0 Å². The minimum absolute atomic E-state index is 0.0307. The molecule has 0 spiro atoms. The molecule has 1 heteroatoms. The zero-order chi connectivity index (χ0) is 12.4. The highest BCUT2D eigenvalue weighted by atomic mass is 14.6. The molecule has 0 radical (unpaired) electrons. The maximum absolute atomic E-state index is 6.37. The monoisotopic (exact) mass is 225 g/mol. The van der Waals surface area contributed by atoms with Crippen LogP contribution in [0.4, 0.5) is 0 Å². The molecule has 1 nitrogen and oxygen atoms in total. The molecule has 2 N–H and O–H groups in total. The van der Waals surface area contributed by atoms with E-state index in [1.54, 1.807) is 0 Å². The van der Waals surface area contributed by atoms with Crippen molar-refractivity contribution in [1.29, 1.82) is 0 Å². The Morgan fingerprint density at radius 2 is 1.35 bits per heavy atom. The minimum atomic E-state index is -0.0307. The topological polar surface area (TPSA) is 26.0 Å². The molecule has 0 aliphatic carbocycles. The third kappa shape index (κ3) is 2.40. The summed E-state index contributed by atoms with van der Waals surface area (Å²) in [7, 11) is 0. The Labute approximate surface area is 103 Å². The van der Waals surface area contributed by atoms with Crippen LogP contribution in [0.15, 0.2) is 42.5 Å². The fourth-order valence-corrected chi connectivity index (χ4v) is 2.26. The first-order chi connectivity index (χ1) is 8.09. The zero-order valence-corrected chi connectivity index (χ0v) is 10.7. The molecule has 0 saturated carbocycles. The summed E-state index contributed by atoms with van der Waals surface area (Å²) in [4.78, 5) is 0. The SMILES string of the molecule is Cc1ccc(C(N)c2c(C)cccc2C)cc1. The first-order valence-corrected chi connectivity index (χ1v) is 5.98. The molecular weight excluding hydrogens is 206 g/mol. The molecule has 2 aromatic rings. The first kappa shape index (κ1) is 11.9. The van der Waals surface area contributed by atoms with Crippen molar-refractivity contribution in [1.82, 2.24) is 0 Å². The highest BCUT2D eigenvalue weighted by Gasteiger charge is 2.13. The van der Waals surface area contributed by atoms with Gasteiger partial charge in [0.2, 0.25) is 0 Å². The van der Waals surface area contributed by atoms with E-state index in [4.69, 9.17) is 5.73 Å². The van der Waals surface area contributed by atoms with Gasteiger partial charge in [0.05, 0.1) is 6.04 Å². The van der Waals surface area contributed by atoms with E-state index in [1.165, 1.54) is 27.8 Å². The van der Waals surface area contributed by atoms with Gasteiger partial charge >= 0.3 is 0 Å². The number of aryl methyl sites for hydroxylation is 3. The lowest BCUT2D eigenvalue weighted by molar-refractivity contribution is 0.851. The molecule has 0 aliphatic rings. The zero-order valence-electron chi connectivity index (χ0n) is 10.7. The molecule has 0 aromatic heterocycles. The number of rotatable bonds is 2. The van der Waals surface area contributed by atoms with Gasteiger partial charge in [0, 0.05) is 0 Å². The molecule has 88 valence electrons. The van der Waals surface area contributed by atoms with Crippen molar-refractivity contribution in [2.75, 3.05) is 0 Å². The minimum Gasteiger partial charge on any atom is -0.320 e. The van der Waals surface area contributed by atoms with Gasteiger partial charge in [-0.2, -0.15) is 0 Å². The normalized spacial score (nSPS) is 12.5. The average Bonchev–Trinajstić information content (AvgIpc) is 2.29. The fraction of sp³-hybridized carbons (Fsp3) is 0.250.